The number of hydrogen-bond acceptors (Lipinski definition) is 7. The molecular formula is C18H20N4O4S. The van der Waals surface area contributed by atoms with Crippen molar-refractivity contribution in [3.05, 3.63) is 38.6 Å². The van der Waals surface area contributed by atoms with E-state index < -0.39 is 12.0 Å². The number of aromatic nitrogens is 3. The van der Waals surface area contributed by atoms with Crippen LogP contribution in [0.25, 0.3) is 11.1 Å². The molecule has 27 heavy (non-hydrogen) atoms. The molecule has 0 radical (unpaired) electrons. The van der Waals surface area contributed by atoms with Gasteiger partial charge in [-0.25, -0.2) is 14.8 Å². The van der Waals surface area contributed by atoms with Crippen molar-refractivity contribution in [3.63, 3.8) is 0 Å². The number of carbonyl (C=O) groups excluding carboxylic acids is 1. The van der Waals surface area contributed by atoms with E-state index in [1.807, 2.05) is 13.8 Å². The SMILES string of the molecule is Cc1nc(C(C)NC(=O)c2cc(C(C)C)nc3onc(C)c23)sc1C(=O)O. The van der Waals surface area contributed by atoms with Crippen LogP contribution in [-0.2, 0) is 0 Å². The zero-order valence-electron chi connectivity index (χ0n) is 15.7. The van der Waals surface area contributed by atoms with E-state index in [9.17, 15) is 14.7 Å². The van der Waals surface area contributed by atoms with Gasteiger partial charge in [-0.05, 0) is 32.8 Å². The molecule has 3 rings (SSSR count). The van der Waals surface area contributed by atoms with Crippen molar-refractivity contribution in [2.75, 3.05) is 0 Å². The number of carboxylic acids is 1. The molecule has 142 valence electrons. The van der Waals surface area contributed by atoms with E-state index in [4.69, 9.17) is 4.52 Å². The lowest BCUT2D eigenvalue weighted by atomic mass is 10.0. The smallest absolute Gasteiger partial charge is 0.347 e. The van der Waals surface area contributed by atoms with Crippen LogP contribution in [0.15, 0.2) is 10.6 Å². The van der Waals surface area contributed by atoms with Crippen LogP contribution >= 0.6 is 11.3 Å². The number of amides is 1. The summed E-state index contributed by atoms with van der Waals surface area (Å²) in [6.45, 7) is 9.12. The second-order valence-electron chi connectivity index (χ2n) is 6.66. The number of rotatable bonds is 5. The minimum absolute atomic E-state index is 0.114. The molecule has 0 fully saturated rings. The van der Waals surface area contributed by atoms with E-state index >= 15 is 0 Å². The fourth-order valence-electron chi connectivity index (χ4n) is 2.73. The number of hydrogen-bond donors (Lipinski definition) is 2. The number of nitrogens with zero attached hydrogens (tertiary/aromatic N) is 3. The van der Waals surface area contributed by atoms with Gasteiger partial charge in [-0.15, -0.1) is 11.3 Å². The van der Waals surface area contributed by atoms with E-state index in [1.54, 1.807) is 26.8 Å². The van der Waals surface area contributed by atoms with Gasteiger partial charge in [0.15, 0.2) is 0 Å². The van der Waals surface area contributed by atoms with Crippen LogP contribution in [0.5, 0.6) is 0 Å². The molecule has 2 N–H and O–H groups in total. The summed E-state index contributed by atoms with van der Waals surface area (Å²) >= 11 is 1.06. The van der Waals surface area contributed by atoms with Crippen LogP contribution in [0.2, 0.25) is 0 Å². The average Bonchev–Trinajstić information content (AvgIpc) is 3.17. The van der Waals surface area contributed by atoms with E-state index in [-0.39, 0.29) is 16.7 Å². The van der Waals surface area contributed by atoms with Gasteiger partial charge >= 0.3 is 5.97 Å². The highest BCUT2D eigenvalue weighted by molar-refractivity contribution is 7.13. The maximum absolute atomic E-state index is 12.9. The molecule has 0 aliphatic carbocycles. The third kappa shape index (κ3) is 3.55. The Kier molecular flexibility index (Phi) is 4.97. The summed E-state index contributed by atoms with van der Waals surface area (Å²) in [5.41, 5.74) is 2.52. The van der Waals surface area contributed by atoms with E-state index in [0.717, 1.165) is 17.0 Å². The van der Waals surface area contributed by atoms with Gasteiger partial charge in [-0.2, -0.15) is 0 Å². The zero-order valence-corrected chi connectivity index (χ0v) is 16.5. The van der Waals surface area contributed by atoms with Crippen molar-refractivity contribution in [2.24, 2.45) is 0 Å². The lowest BCUT2D eigenvalue weighted by Crippen LogP contribution is -2.27. The van der Waals surface area contributed by atoms with Crippen LogP contribution in [0, 0.1) is 13.8 Å². The van der Waals surface area contributed by atoms with Gasteiger partial charge < -0.3 is 14.9 Å². The molecule has 0 saturated carbocycles. The molecule has 3 aromatic heterocycles. The molecule has 0 aliphatic heterocycles. The molecule has 1 amide bonds. The first-order valence-electron chi connectivity index (χ1n) is 8.47. The lowest BCUT2D eigenvalue weighted by molar-refractivity contribution is 0.0701. The number of aryl methyl sites for hydroxylation is 2. The Morgan fingerprint density at radius 2 is 1.89 bits per heavy atom. The monoisotopic (exact) mass is 388 g/mol. The topological polar surface area (TPSA) is 118 Å². The number of carbonyl (C=O) groups is 2. The molecular weight excluding hydrogens is 368 g/mol. The van der Waals surface area contributed by atoms with Gasteiger partial charge in [0.05, 0.1) is 28.4 Å². The molecule has 0 aromatic carbocycles. The Balaban J connectivity index is 1.95. The van der Waals surface area contributed by atoms with Crippen molar-refractivity contribution in [1.29, 1.82) is 0 Å². The highest BCUT2D eigenvalue weighted by atomic mass is 32.1. The van der Waals surface area contributed by atoms with Gasteiger partial charge in [-0.3, -0.25) is 4.79 Å². The van der Waals surface area contributed by atoms with E-state index in [2.05, 4.69) is 20.4 Å². The summed E-state index contributed by atoms with van der Waals surface area (Å²) in [6, 6.07) is 1.30. The maximum atomic E-state index is 12.9. The summed E-state index contributed by atoms with van der Waals surface area (Å²) in [7, 11) is 0. The number of fused-ring (bicyclic) bond motifs is 1. The van der Waals surface area contributed by atoms with Crippen molar-refractivity contribution >= 4 is 34.3 Å². The van der Waals surface area contributed by atoms with Crippen LogP contribution < -0.4 is 5.32 Å². The highest BCUT2D eigenvalue weighted by Crippen LogP contribution is 2.27. The van der Waals surface area contributed by atoms with Crippen LogP contribution in [0.4, 0.5) is 0 Å². The average molecular weight is 388 g/mol. The molecule has 1 atom stereocenters. The van der Waals surface area contributed by atoms with Crippen LogP contribution in [0.1, 0.15) is 74.9 Å². The summed E-state index contributed by atoms with van der Waals surface area (Å²) in [4.78, 5) is 33.0. The largest absolute Gasteiger partial charge is 0.477 e. The number of pyridine rings is 1. The fraction of sp³-hybridized carbons (Fsp3) is 0.389. The summed E-state index contributed by atoms with van der Waals surface area (Å²) in [6.07, 6.45) is 0. The standard InChI is InChI=1S/C18H20N4O4S/c1-7(2)12-6-11(13-8(3)22-26-16(13)21-12)15(23)19-10(5)17-20-9(4)14(27-17)18(24)25/h6-7,10H,1-5H3,(H,19,23)(H,24,25). The molecule has 1 unspecified atom stereocenters. The Labute approximate surface area is 159 Å². The second kappa shape index (κ2) is 7.07. The first kappa shape index (κ1) is 19.0. The minimum Gasteiger partial charge on any atom is -0.477 e. The van der Waals surface area contributed by atoms with Crippen LogP contribution in [0.3, 0.4) is 0 Å². The summed E-state index contributed by atoms with van der Waals surface area (Å²) in [5, 5.41) is 17.1. The third-order valence-electron chi connectivity index (χ3n) is 4.20. The highest BCUT2D eigenvalue weighted by Gasteiger charge is 2.23. The zero-order chi connectivity index (χ0) is 19.9. The number of nitrogens with one attached hydrogen (secondary N) is 1. The molecule has 8 nitrogen and oxygen atoms in total. The molecule has 3 aromatic rings. The Bertz CT molecular complexity index is 1040. The fourth-order valence-corrected chi connectivity index (χ4v) is 3.63. The van der Waals surface area contributed by atoms with Crippen molar-refractivity contribution in [2.45, 2.75) is 46.6 Å². The first-order chi connectivity index (χ1) is 12.7. The second-order valence-corrected chi connectivity index (χ2v) is 7.70. The number of aromatic carboxylic acids is 1. The number of thiazole rings is 1. The predicted octanol–water partition coefficient (Wildman–Crippen LogP) is 3.61. The third-order valence-corrected chi connectivity index (χ3v) is 5.53. The molecule has 3 heterocycles. The Morgan fingerprint density at radius 3 is 2.48 bits per heavy atom. The molecule has 0 bridgehead atoms. The summed E-state index contributed by atoms with van der Waals surface area (Å²) in [5.74, 6) is -1.22. The molecule has 0 aliphatic rings. The molecule has 0 saturated heterocycles. The Morgan fingerprint density at radius 1 is 1.19 bits per heavy atom. The van der Waals surface area contributed by atoms with Crippen molar-refractivity contribution in [3.8, 4) is 0 Å². The van der Waals surface area contributed by atoms with E-state index in [0.29, 0.717) is 33.1 Å². The van der Waals surface area contributed by atoms with Crippen molar-refractivity contribution in [1.82, 2.24) is 20.4 Å². The van der Waals surface area contributed by atoms with Gasteiger partial charge in [0.2, 0.25) is 0 Å². The van der Waals surface area contributed by atoms with Crippen LogP contribution in [-0.4, -0.2) is 32.1 Å². The Hall–Kier alpha value is -2.81. The quantitative estimate of drug-likeness (QED) is 0.685. The van der Waals surface area contributed by atoms with Crippen molar-refractivity contribution < 1.29 is 19.2 Å². The van der Waals surface area contributed by atoms with Gasteiger partial charge in [0, 0.05) is 5.69 Å². The van der Waals surface area contributed by atoms with Gasteiger partial charge in [0.25, 0.3) is 11.6 Å². The van der Waals surface area contributed by atoms with Gasteiger partial charge in [0.1, 0.15) is 9.88 Å². The molecule has 0 spiro atoms. The first-order valence-corrected chi connectivity index (χ1v) is 9.29. The summed E-state index contributed by atoms with van der Waals surface area (Å²) < 4.78 is 5.25. The maximum Gasteiger partial charge on any atom is 0.347 e. The van der Waals surface area contributed by atoms with Gasteiger partial charge in [-0.1, -0.05) is 19.0 Å². The predicted molar refractivity (Wildman–Crippen MR) is 100 cm³/mol. The normalized spacial score (nSPS) is 12.5. The van der Waals surface area contributed by atoms with E-state index in [1.165, 1.54) is 0 Å². The molecule has 9 heteroatoms. The minimum atomic E-state index is -1.02. The lowest BCUT2D eigenvalue weighted by Gasteiger charge is -2.13. The number of carboxylic acid groups (broad SMARTS) is 1.